The number of fused-ring (bicyclic) bond motifs is 1. The minimum absolute atomic E-state index is 0.162. The van der Waals surface area contributed by atoms with Crippen LogP contribution in [0, 0.1) is 0 Å². The number of nitrogens with one attached hydrogen (secondary N) is 2. The first-order chi connectivity index (χ1) is 18.7. The summed E-state index contributed by atoms with van der Waals surface area (Å²) in [6.45, 7) is 0. The van der Waals surface area contributed by atoms with Crippen molar-refractivity contribution in [3.05, 3.63) is 115 Å². The molecule has 184 valence electrons. The summed E-state index contributed by atoms with van der Waals surface area (Å²) in [4.78, 5) is 31.2. The number of nitrogens with zero attached hydrogens (tertiary/aromatic N) is 5. The maximum atomic E-state index is 12.6. The fourth-order valence-electron chi connectivity index (χ4n) is 4.34. The zero-order chi connectivity index (χ0) is 25.9. The number of carbonyl (C=O) groups excluding carboxylic acids is 1. The quantitative estimate of drug-likeness (QED) is 0.300. The molecule has 8 nitrogen and oxygen atoms in total. The number of rotatable bonds is 6. The molecule has 2 N–H and O–H groups in total. The van der Waals surface area contributed by atoms with Crippen LogP contribution in [0.15, 0.2) is 110 Å². The third-order valence-corrected chi connectivity index (χ3v) is 6.19. The molecule has 0 fully saturated rings. The molecule has 6 aromatic rings. The minimum atomic E-state index is -0.162. The second-order valence-electron chi connectivity index (χ2n) is 8.56. The van der Waals surface area contributed by atoms with E-state index in [1.54, 1.807) is 30.7 Å². The Morgan fingerprint density at radius 3 is 2.34 bits per heavy atom. The van der Waals surface area contributed by atoms with E-state index in [2.05, 4.69) is 20.6 Å². The van der Waals surface area contributed by atoms with Crippen LogP contribution in [0.25, 0.3) is 39.5 Å². The summed E-state index contributed by atoms with van der Waals surface area (Å²) in [6.07, 6.45) is 5.24. The van der Waals surface area contributed by atoms with Gasteiger partial charge in [0.2, 0.25) is 0 Å². The number of amides is 1. The van der Waals surface area contributed by atoms with Crippen LogP contribution in [0.5, 0.6) is 0 Å². The second-order valence-corrected chi connectivity index (χ2v) is 8.56. The molecule has 0 aliphatic carbocycles. The van der Waals surface area contributed by atoms with Gasteiger partial charge in [-0.2, -0.15) is 0 Å². The van der Waals surface area contributed by atoms with Crippen molar-refractivity contribution >= 4 is 28.6 Å². The number of carbonyl (C=O) groups is 1. The molecule has 8 heteroatoms. The highest BCUT2D eigenvalue weighted by atomic mass is 16.1. The number of hydrogen-bond donors (Lipinski definition) is 2. The van der Waals surface area contributed by atoms with E-state index in [4.69, 9.17) is 9.97 Å². The summed E-state index contributed by atoms with van der Waals surface area (Å²) in [5.74, 6) is 1.26. The zero-order valence-corrected chi connectivity index (χ0v) is 20.5. The summed E-state index contributed by atoms with van der Waals surface area (Å²) >= 11 is 0. The molecule has 4 aromatic heterocycles. The van der Waals surface area contributed by atoms with Gasteiger partial charge in [0.1, 0.15) is 11.3 Å². The Labute approximate surface area is 219 Å². The number of benzene rings is 2. The highest BCUT2D eigenvalue weighted by Crippen LogP contribution is 2.32. The third-order valence-electron chi connectivity index (χ3n) is 6.19. The first kappa shape index (κ1) is 23.1. The number of pyridine rings is 3. The van der Waals surface area contributed by atoms with Gasteiger partial charge in [0.05, 0.1) is 11.3 Å². The second kappa shape index (κ2) is 9.94. The first-order valence-electron chi connectivity index (χ1n) is 12.1. The molecule has 38 heavy (non-hydrogen) atoms. The van der Waals surface area contributed by atoms with Crippen LogP contribution in [-0.4, -0.2) is 37.5 Å². The van der Waals surface area contributed by atoms with E-state index in [0.29, 0.717) is 28.5 Å². The number of aromatic nitrogens is 5. The Balaban J connectivity index is 1.46. The Hall–Kier alpha value is -5.37. The van der Waals surface area contributed by atoms with Gasteiger partial charge < -0.3 is 10.6 Å². The molecule has 0 radical (unpaired) electrons. The van der Waals surface area contributed by atoms with Gasteiger partial charge in [0, 0.05) is 48.1 Å². The van der Waals surface area contributed by atoms with Crippen LogP contribution in [-0.2, 0) is 0 Å². The fourth-order valence-corrected chi connectivity index (χ4v) is 4.34. The average Bonchev–Trinajstić information content (AvgIpc) is 3.37. The zero-order valence-electron chi connectivity index (χ0n) is 20.5. The van der Waals surface area contributed by atoms with E-state index in [-0.39, 0.29) is 5.91 Å². The smallest absolute Gasteiger partial charge is 0.255 e. The standard InChI is InChI=1S/C30H23N7O/c1-31-27-24(8-5-17-33-27)28-36-26-14-13-25(20-15-18-32-19-16-20)35-29(26)37(28)23-11-9-22(10-12-23)34-30(38)21-6-3-2-4-7-21/h2-19H,1H3,(H,31,33)(H,34,38). The van der Waals surface area contributed by atoms with Crippen LogP contribution < -0.4 is 10.6 Å². The fraction of sp³-hybridized carbons (Fsp3) is 0.0333. The molecule has 0 atom stereocenters. The van der Waals surface area contributed by atoms with Crippen molar-refractivity contribution < 1.29 is 4.79 Å². The van der Waals surface area contributed by atoms with Gasteiger partial charge in [-0.25, -0.2) is 15.0 Å². The third kappa shape index (κ3) is 4.35. The predicted octanol–water partition coefficient (Wildman–Crippen LogP) is 5.84. The molecular weight excluding hydrogens is 474 g/mol. The minimum Gasteiger partial charge on any atom is -0.373 e. The Morgan fingerprint density at radius 1 is 0.789 bits per heavy atom. The lowest BCUT2D eigenvalue weighted by Crippen LogP contribution is -2.11. The summed E-state index contributed by atoms with van der Waals surface area (Å²) in [5, 5.41) is 6.12. The van der Waals surface area contributed by atoms with Crippen LogP contribution in [0.2, 0.25) is 0 Å². The molecular formula is C30H23N7O. The van der Waals surface area contributed by atoms with Crippen molar-refractivity contribution in [1.82, 2.24) is 24.5 Å². The van der Waals surface area contributed by atoms with Gasteiger partial charge in [0.15, 0.2) is 11.5 Å². The van der Waals surface area contributed by atoms with Crippen molar-refractivity contribution in [2.24, 2.45) is 0 Å². The normalized spacial score (nSPS) is 10.9. The maximum absolute atomic E-state index is 12.6. The van der Waals surface area contributed by atoms with Crippen molar-refractivity contribution in [2.75, 3.05) is 17.7 Å². The monoisotopic (exact) mass is 497 g/mol. The van der Waals surface area contributed by atoms with Crippen molar-refractivity contribution in [3.8, 4) is 28.3 Å². The van der Waals surface area contributed by atoms with Gasteiger partial charge in [-0.3, -0.25) is 14.3 Å². The number of anilines is 2. The summed E-state index contributed by atoms with van der Waals surface area (Å²) < 4.78 is 2.01. The SMILES string of the molecule is CNc1ncccc1-c1nc2ccc(-c3ccncc3)nc2n1-c1ccc(NC(=O)c2ccccc2)cc1. The molecule has 0 spiro atoms. The first-order valence-corrected chi connectivity index (χ1v) is 12.1. The van der Waals surface area contributed by atoms with Crippen molar-refractivity contribution in [3.63, 3.8) is 0 Å². The lowest BCUT2D eigenvalue weighted by Gasteiger charge is -2.13. The van der Waals surface area contributed by atoms with Gasteiger partial charge in [0.25, 0.3) is 5.91 Å². The Kier molecular flexibility index (Phi) is 6.03. The molecule has 6 rings (SSSR count). The van der Waals surface area contributed by atoms with Crippen molar-refractivity contribution in [1.29, 1.82) is 0 Å². The summed E-state index contributed by atoms with van der Waals surface area (Å²) in [6, 6.07) is 28.4. The average molecular weight is 498 g/mol. The highest BCUT2D eigenvalue weighted by Gasteiger charge is 2.19. The molecule has 0 saturated carbocycles. The lowest BCUT2D eigenvalue weighted by molar-refractivity contribution is 0.102. The van der Waals surface area contributed by atoms with Gasteiger partial charge in [-0.1, -0.05) is 18.2 Å². The van der Waals surface area contributed by atoms with E-state index in [1.807, 2.05) is 90.5 Å². The van der Waals surface area contributed by atoms with Gasteiger partial charge in [-0.05, 0) is 72.8 Å². The molecule has 0 aliphatic rings. The van der Waals surface area contributed by atoms with E-state index < -0.39 is 0 Å². The molecule has 4 heterocycles. The molecule has 0 unspecified atom stereocenters. The van der Waals surface area contributed by atoms with Crippen LogP contribution >= 0.6 is 0 Å². The highest BCUT2D eigenvalue weighted by molar-refractivity contribution is 6.04. The van der Waals surface area contributed by atoms with Gasteiger partial charge >= 0.3 is 0 Å². The molecule has 2 aromatic carbocycles. The number of hydrogen-bond acceptors (Lipinski definition) is 6. The molecule has 0 bridgehead atoms. The molecule has 0 aliphatic heterocycles. The summed E-state index contributed by atoms with van der Waals surface area (Å²) in [7, 11) is 1.84. The molecule has 0 saturated heterocycles. The summed E-state index contributed by atoms with van der Waals surface area (Å²) in [5.41, 5.74) is 6.24. The Bertz CT molecular complexity index is 1730. The topological polar surface area (TPSA) is 97.6 Å². The van der Waals surface area contributed by atoms with E-state index in [1.165, 1.54) is 0 Å². The number of imidazole rings is 1. The lowest BCUT2D eigenvalue weighted by atomic mass is 10.2. The van der Waals surface area contributed by atoms with Crippen molar-refractivity contribution in [2.45, 2.75) is 0 Å². The maximum Gasteiger partial charge on any atom is 0.255 e. The van der Waals surface area contributed by atoms with E-state index in [9.17, 15) is 4.79 Å². The largest absolute Gasteiger partial charge is 0.373 e. The van der Waals surface area contributed by atoms with Crippen LogP contribution in [0.3, 0.4) is 0 Å². The molecule has 1 amide bonds. The Morgan fingerprint density at radius 2 is 1.58 bits per heavy atom. The van der Waals surface area contributed by atoms with Crippen LogP contribution in [0.1, 0.15) is 10.4 Å². The van der Waals surface area contributed by atoms with E-state index in [0.717, 1.165) is 28.0 Å². The predicted molar refractivity (Wildman–Crippen MR) is 149 cm³/mol. The van der Waals surface area contributed by atoms with Crippen LogP contribution in [0.4, 0.5) is 11.5 Å². The van der Waals surface area contributed by atoms with E-state index >= 15 is 0 Å². The van der Waals surface area contributed by atoms with Gasteiger partial charge in [-0.15, -0.1) is 0 Å².